The van der Waals surface area contributed by atoms with Crippen molar-refractivity contribution in [3.63, 3.8) is 0 Å². The molecule has 0 spiro atoms. The zero-order valence-electron chi connectivity index (χ0n) is 11.4. The molecule has 0 radical (unpaired) electrons. The fourth-order valence-corrected chi connectivity index (χ4v) is 3.64. The highest BCUT2D eigenvalue weighted by molar-refractivity contribution is 7.20. The minimum absolute atomic E-state index is 0.155. The molecule has 3 rings (SSSR count). The number of aromatic nitrogens is 1. The van der Waals surface area contributed by atoms with Crippen molar-refractivity contribution in [1.29, 1.82) is 0 Å². The van der Waals surface area contributed by atoms with E-state index in [4.69, 9.17) is 0 Å². The fourth-order valence-electron chi connectivity index (χ4n) is 1.97. The normalized spacial score (nSPS) is 14.0. The molecular formula is C15H14N2O2S2. The predicted molar refractivity (Wildman–Crippen MR) is 85.8 cm³/mol. The second kappa shape index (κ2) is 5.55. The van der Waals surface area contributed by atoms with Gasteiger partial charge < -0.3 is 10.4 Å². The summed E-state index contributed by atoms with van der Waals surface area (Å²) in [5.41, 5.74) is -0.252. The van der Waals surface area contributed by atoms with Gasteiger partial charge in [0.25, 0.3) is 5.91 Å². The van der Waals surface area contributed by atoms with E-state index in [1.165, 1.54) is 22.7 Å². The van der Waals surface area contributed by atoms with Gasteiger partial charge in [-0.05, 0) is 30.5 Å². The second-order valence-electron chi connectivity index (χ2n) is 4.92. The molecule has 1 atom stereocenters. The van der Waals surface area contributed by atoms with Crippen LogP contribution in [0.25, 0.3) is 10.2 Å². The standard InChI is InChI=1S/C15H14N2O2S2/c1-15(19,12-7-4-8-20-12)9-16-13(18)14-17-10-5-2-3-6-11(10)21-14/h2-8,19H,9H2,1H3,(H,16,18)/t15-/m1/s1. The van der Waals surface area contributed by atoms with Crippen LogP contribution in [0, 0.1) is 0 Å². The van der Waals surface area contributed by atoms with Gasteiger partial charge >= 0.3 is 0 Å². The van der Waals surface area contributed by atoms with Crippen molar-refractivity contribution >= 4 is 38.8 Å². The van der Waals surface area contributed by atoms with Gasteiger partial charge in [0.15, 0.2) is 5.01 Å². The van der Waals surface area contributed by atoms with Crippen LogP contribution in [-0.2, 0) is 5.60 Å². The first-order valence-electron chi connectivity index (χ1n) is 6.46. The zero-order valence-corrected chi connectivity index (χ0v) is 13.0. The molecule has 0 bridgehead atoms. The number of hydrogen-bond acceptors (Lipinski definition) is 5. The first-order valence-corrected chi connectivity index (χ1v) is 8.16. The molecule has 0 saturated carbocycles. The van der Waals surface area contributed by atoms with E-state index < -0.39 is 5.60 Å². The first-order chi connectivity index (χ1) is 10.1. The van der Waals surface area contributed by atoms with Gasteiger partial charge in [-0.25, -0.2) is 4.98 Å². The number of rotatable bonds is 4. The average molecular weight is 318 g/mol. The molecule has 2 aromatic heterocycles. The minimum Gasteiger partial charge on any atom is -0.383 e. The monoisotopic (exact) mass is 318 g/mol. The van der Waals surface area contributed by atoms with Crippen LogP contribution >= 0.6 is 22.7 Å². The van der Waals surface area contributed by atoms with E-state index in [0.29, 0.717) is 5.01 Å². The summed E-state index contributed by atoms with van der Waals surface area (Å²) >= 11 is 2.82. The van der Waals surface area contributed by atoms with Crippen molar-refractivity contribution in [3.8, 4) is 0 Å². The SMILES string of the molecule is C[C@@](O)(CNC(=O)c1nc2ccccc2s1)c1cccs1. The number of aliphatic hydroxyl groups is 1. The highest BCUT2D eigenvalue weighted by atomic mass is 32.1. The van der Waals surface area contributed by atoms with Gasteiger partial charge in [-0.15, -0.1) is 22.7 Å². The third-order valence-corrected chi connectivity index (χ3v) is 5.29. The number of fused-ring (bicyclic) bond motifs is 1. The number of nitrogens with one attached hydrogen (secondary N) is 1. The summed E-state index contributed by atoms with van der Waals surface area (Å²) in [6.07, 6.45) is 0. The van der Waals surface area contributed by atoms with Crippen LogP contribution in [0.15, 0.2) is 41.8 Å². The Balaban J connectivity index is 1.72. The lowest BCUT2D eigenvalue weighted by molar-refractivity contribution is 0.0557. The molecule has 4 nitrogen and oxygen atoms in total. The Morgan fingerprint density at radius 3 is 2.86 bits per heavy atom. The smallest absolute Gasteiger partial charge is 0.280 e. The Labute approximate surface area is 130 Å². The van der Waals surface area contributed by atoms with Crippen LogP contribution in [0.3, 0.4) is 0 Å². The van der Waals surface area contributed by atoms with Gasteiger partial charge in [-0.2, -0.15) is 0 Å². The Hall–Kier alpha value is -1.76. The summed E-state index contributed by atoms with van der Waals surface area (Å²) in [4.78, 5) is 17.3. The van der Waals surface area contributed by atoms with Crippen molar-refractivity contribution in [1.82, 2.24) is 10.3 Å². The van der Waals surface area contributed by atoms with Crippen LogP contribution in [0.1, 0.15) is 21.6 Å². The van der Waals surface area contributed by atoms with E-state index in [-0.39, 0.29) is 12.5 Å². The molecule has 1 amide bonds. The molecule has 3 aromatic rings. The van der Waals surface area contributed by atoms with Crippen LogP contribution in [-0.4, -0.2) is 22.5 Å². The van der Waals surface area contributed by atoms with E-state index in [1.807, 2.05) is 41.8 Å². The van der Waals surface area contributed by atoms with Gasteiger partial charge in [0, 0.05) is 4.88 Å². The van der Waals surface area contributed by atoms with Crippen LogP contribution in [0.2, 0.25) is 0 Å². The molecule has 108 valence electrons. The number of carbonyl (C=O) groups excluding carboxylic acids is 1. The molecule has 0 aliphatic heterocycles. The highest BCUT2D eigenvalue weighted by Crippen LogP contribution is 2.25. The third kappa shape index (κ3) is 2.97. The molecule has 0 saturated heterocycles. The molecule has 6 heteroatoms. The lowest BCUT2D eigenvalue weighted by atomic mass is 10.1. The fraction of sp³-hybridized carbons (Fsp3) is 0.200. The summed E-state index contributed by atoms with van der Waals surface area (Å²) in [5.74, 6) is -0.256. The molecule has 0 unspecified atom stereocenters. The van der Waals surface area contributed by atoms with Crippen molar-refractivity contribution in [2.24, 2.45) is 0 Å². The molecule has 0 fully saturated rings. The van der Waals surface area contributed by atoms with E-state index in [1.54, 1.807) is 6.92 Å². The number of para-hydroxylation sites is 1. The molecule has 1 aromatic carbocycles. The molecule has 2 heterocycles. The van der Waals surface area contributed by atoms with E-state index in [2.05, 4.69) is 10.3 Å². The maximum absolute atomic E-state index is 12.2. The Kier molecular flexibility index (Phi) is 3.75. The molecular weight excluding hydrogens is 304 g/mol. The summed E-state index contributed by atoms with van der Waals surface area (Å²) < 4.78 is 0.979. The van der Waals surface area contributed by atoms with Gasteiger partial charge in [0.2, 0.25) is 0 Å². The Morgan fingerprint density at radius 2 is 2.14 bits per heavy atom. The predicted octanol–water partition coefficient (Wildman–Crippen LogP) is 3.00. The highest BCUT2D eigenvalue weighted by Gasteiger charge is 2.25. The lowest BCUT2D eigenvalue weighted by Gasteiger charge is -2.21. The number of thiophene rings is 1. The van der Waals surface area contributed by atoms with Gasteiger partial charge in [-0.1, -0.05) is 18.2 Å². The Bertz CT molecular complexity index is 730. The molecule has 21 heavy (non-hydrogen) atoms. The van der Waals surface area contributed by atoms with Crippen molar-refractivity contribution in [3.05, 3.63) is 51.7 Å². The number of thiazole rings is 1. The minimum atomic E-state index is -1.07. The number of amides is 1. The van der Waals surface area contributed by atoms with Crippen molar-refractivity contribution in [2.45, 2.75) is 12.5 Å². The maximum atomic E-state index is 12.2. The second-order valence-corrected chi connectivity index (χ2v) is 6.90. The van der Waals surface area contributed by atoms with Gasteiger partial charge in [-0.3, -0.25) is 4.79 Å². The Morgan fingerprint density at radius 1 is 1.33 bits per heavy atom. The summed E-state index contributed by atoms with van der Waals surface area (Å²) in [5, 5.41) is 15.5. The molecule has 0 aliphatic rings. The molecule has 0 aliphatic carbocycles. The van der Waals surface area contributed by atoms with Gasteiger partial charge in [0.1, 0.15) is 5.60 Å². The van der Waals surface area contributed by atoms with Gasteiger partial charge in [0.05, 0.1) is 16.8 Å². The lowest BCUT2D eigenvalue weighted by Crippen LogP contribution is -2.38. The topological polar surface area (TPSA) is 62.2 Å². The zero-order chi connectivity index (χ0) is 14.9. The maximum Gasteiger partial charge on any atom is 0.280 e. The van der Waals surface area contributed by atoms with E-state index in [9.17, 15) is 9.90 Å². The summed E-state index contributed by atoms with van der Waals surface area (Å²) in [6.45, 7) is 1.85. The van der Waals surface area contributed by atoms with Crippen molar-refractivity contribution < 1.29 is 9.90 Å². The first kappa shape index (κ1) is 14.2. The van der Waals surface area contributed by atoms with Crippen LogP contribution < -0.4 is 5.32 Å². The van der Waals surface area contributed by atoms with E-state index in [0.717, 1.165) is 15.1 Å². The number of nitrogens with zero attached hydrogens (tertiary/aromatic N) is 1. The quantitative estimate of drug-likeness (QED) is 0.777. The summed E-state index contributed by atoms with van der Waals surface area (Å²) in [6, 6.07) is 11.4. The number of carbonyl (C=O) groups is 1. The largest absolute Gasteiger partial charge is 0.383 e. The van der Waals surface area contributed by atoms with Crippen LogP contribution in [0.5, 0.6) is 0 Å². The van der Waals surface area contributed by atoms with Crippen molar-refractivity contribution in [2.75, 3.05) is 6.54 Å². The third-order valence-electron chi connectivity index (χ3n) is 3.13. The number of benzene rings is 1. The van der Waals surface area contributed by atoms with Crippen LogP contribution in [0.4, 0.5) is 0 Å². The average Bonchev–Trinajstić information content (AvgIpc) is 3.13. The summed E-state index contributed by atoms with van der Waals surface area (Å²) in [7, 11) is 0. The number of hydrogen-bond donors (Lipinski definition) is 2. The molecule has 2 N–H and O–H groups in total. The van der Waals surface area contributed by atoms with E-state index >= 15 is 0 Å².